The molecule has 0 spiro atoms. The zero-order valence-corrected chi connectivity index (χ0v) is 15.7. The fourth-order valence-corrected chi connectivity index (χ4v) is 2.72. The Morgan fingerprint density at radius 3 is 2.57 bits per heavy atom. The molecule has 0 saturated carbocycles. The Hall–Kier alpha value is -3.44. The van der Waals surface area contributed by atoms with Gasteiger partial charge in [0.15, 0.2) is 0 Å². The number of hydrogen-bond acceptors (Lipinski definition) is 3. The Morgan fingerprint density at radius 2 is 1.79 bits per heavy atom. The number of para-hydroxylation sites is 1. The molecule has 0 aliphatic heterocycles. The molecule has 2 amide bonds. The molecule has 3 rings (SSSR count). The summed E-state index contributed by atoms with van der Waals surface area (Å²) in [7, 11) is 0. The Bertz CT molecular complexity index is 1000. The average Bonchev–Trinajstić information content (AvgIpc) is 2.73. The number of amides is 2. The van der Waals surface area contributed by atoms with E-state index in [9.17, 15) is 9.59 Å². The van der Waals surface area contributed by atoms with Gasteiger partial charge in [-0.1, -0.05) is 48.0 Å². The van der Waals surface area contributed by atoms with E-state index in [2.05, 4.69) is 15.6 Å². The second-order valence-electron chi connectivity index (χ2n) is 5.93. The number of pyridine rings is 1. The van der Waals surface area contributed by atoms with Crippen LogP contribution < -0.4 is 10.6 Å². The summed E-state index contributed by atoms with van der Waals surface area (Å²) in [6.45, 7) is 0.276. The van der Waals surface area contributed by atoms with E-state index in [1.54, 1.807) is 36.5 Å². The molecule has 0 saturated heterocycles. The van der Waals surface area contributed by atoms with Gasteiger partial charge in [-0.25, -0.2) is 0 Å². The van der Waals surface area contributed by atoms with E-state index in [1.165, 1.54) is 12.3 Å². The Balaban J connectivity index is 1.64. The van der Waals surface area contributed by atoms with Crippen LogP contribution in [0.3, 0.4) is 0 Å². The first-order valence-electron chi connectivity index (χ1n) is 8.63. The first-order chi connectivity index (χ1) is 13.6. The maximum absolute atomic E-state index is 12.3. The van der Waals surface area contributed by atoms with Crippen molar-refractivity contribution in [1.29, 1.82) is 0 Å². The van der Waals surface area contributed by atoms with Crippen molar-refractivity contribution in [2.24, 2.45) is 0 Å². The van der Waals surface area contributed by atoms with Crippen molar-refractivity contribution in [3.8, 4) is 0 Å². The summed E-state index contributed by atoms with van der Waals surface area (Å²) in [5, 5.41) is 6.23. The molecule has 6 heteroatoms. The number of carbonyl (C=O) groups excluding carboxylic acids is 2. The second kappa shape index (κ2) is 9.48. The highest BCUT2D eigenvalue weighted by molar-refractivity contribution is 6.32. The van der Waals surface area contributed by atoms with Crippen LogP contribution in [0.4, 0.5) is 5.69 Å². The summed E-state index contributed by atoms with van der Waals surface area (Å²) in [5.74, 6) is -0.515. The van der Waals surface area contributed by atoms with Gasteiger partial charge in [-0.3, -0.25) is 14.6 Å². The van der Waals surface area contributed by atoms with E-state index in [0.29, 0.717) is 16.3 Å². The molecule has 0 bridgehead atoms. The Labute approximate surface area is 168 Å². The molecule has 3 aromatic rings. The van der Waals surface area contributed by atoms with Crippen LogP contribution in [0.15, 0.2) is 79.1 Å². The van der Waals surface area contributed by atoms with Gasteiger partial charge in [0, 0.05) is 35.7 Å². The van der Waals surface area contributed by atoms with Gasteiger partial charge in [0.25, 0.3) is 5.91 Å². The minimum absolute atomic E-state index is 0.229. The van der Waals surface area contributed by atoms with Crippen molar-refractivity contribution < 1.29 is 9.59 Å². The van der Waals surface area contributed by atoms with Crippen LogP contribution >= 0.6 is 11.6 Å². The average molecular weight is 392 g/mol. The van der Waals surface area contributed by atoms with Crippen molar-refractivity contribution in [2.75, 3.05) is 5.32 Å². The molecule has 1 heterocycles. The number of carbonyl (C=O) groups is 2. The van der Waals surface area contributed by atoms with E-state index in [4.69, 9.17) is 11.6 Å². The van der Waals surface area contributed by atoms with Gasteiger partial charge in [0.2, 0.25) is 5.91 Å². The number of nitrogens with one attached hydrogen (secondary N) is 2. The molecule has 28 heavy (non-hydrogen) atoms. The maximum atomic E-state index is 12.3. The lowest BCUT2D eigenvalue weighted by molar-refractivity contribution is -0.111. The van der Waals surface area contributed by atoms with Crippen LogP contribution in [-0.4, -0.2) is 16.8 Å². The van der Waals surface area contributed by atoms with Crippen molar-refractivity contribution >= 4 is 35.2 Å². The summed E-state index contributed by atoms with van der Waals surface area (Å²) in [5.41, 5.74) is 2.66. The standard InChI is InChI=1S/C22H18ClN3O2/c23-19-9-3-1-6-16(19)11-12-21(27)26-20-10-4-2-7-17(20)15-25-22(28)18-8-5-13-24-14-18/h1-14H,15H2,(H,25,28)(H,26,27)/b12-11+. The normalized spacial score (nSPS) is 10.6. The molecular formula is C22H18ClN3O2. The zero-order valence-electron chi connectivity index (χ0n) is 14.9. The topological polar surface area (TPSA) is 71.1 Å². The summed E-state index contributed by atoms with van der Waals surface area (Å²) in [6, 6.07) is 18.0. The molecular weight excluding hydrogens is 374 g/mol. The minimum atomic E-state index is -0.286. The highest BCUT2D eigenvalue weighted by Gasteiger charge is 2.08. The second-order valence-corrected chi connectivity index (χ2v) is 6.33. The van der Waals surface area contributed by atoms with Crippen LogP contribution in [0.5, 0.6) is 0 Å². The molecule has 0 atom stereocenters. The smallest absolute Gasteiger partial charge is 0.253 e. The van der Waals surface area contributed by atoms with Crippen LogP contribution in [0.2, 0.25) is 5.02 Å². The number of benzene rings is 2. The summed E-state index contributed by atoms with van der Waals surface area (Å²) < 4.78 is 0. The van der Waals surface area contributed by atoms with Crippen molar-refractivity contribution in [2.45, 2.75) is 6.54 Å². The Kier molecular flexibility index (Phi) is 6.54. The fraction of sp³-hybridized carbons (Fsp3) is 0.0455. The van der Waals surface area contributed by atoms with E-state index in [-0.39, 0.29) is 18.4 Å². The highest BCUT2D eigenvalue weighted by Crippen LogP contribution is 2.18. The maximum Gasteiger partial charge on any atom is 0.253 e. The molecule has 0 aliphatic carbocycles. The van der Waals surface area contributed by atoms with Crippen LogP contribution in [0, 0.1) is 0 Å². The third-order valence-electron chi connectivity index (χ3n) is 3.96. The van der Waals surface area contributed by atoms with Gasteiger partial charge in [0.05, 0.1) is 5.56 Å². The largest absolute Gasteiger partial charge is 0.348 e. The van der Waals surface area contributed by atoms with E-state index in [0.717, 1.165) is 11.1 Å². The number of hydrogen-bond donors (Lipinski definition) is 2. The summed E-state index contributed by atoms with van der Waals surface area (Å²) in [4.78, 5) is 28.4. The molecule has 0 fully saturated rings. The van der Waals surface area contributed by atoms with Gasteiger partial charge >= 0.3 is 0 Å². The minimum Gasteiger partial charge on any atom is -0.348 e. The lowest BCUT2D eigenvalue weighted by atomic mass is 10.1. The monoisotopic (exact) mass is 391 g/mol. The van der Waals surface area contributed by atoms with Gasteiger partial charge in [-0.05, 0) is 41.5 Å². The molecule has 140 valence electrons. The predicted octanol–water partition coefficient (Wildman–Crippen LogP) is 4.32. The van der Waals surface area contributed by atoms with Crippen LogP contribution in [0.1, 0.15) is 21.5 Å². The van der Waals surface area contributed by atoms with Crippen molar-refractivity contribution in [3.05, 3.63) is 101 Å². The van der Waals surface area contributed by atoms with Crippen molar-refractivity contribution in [1.82, 2.24) is 10.3 Å². The number of halogens is 1. The molecule has 0 radical (unpaired) electrons. The van der Waals surface area contributed by atoms with Gasteiger partial charge in [0.1, 0.15) is 0 Å². The first-order valence-corrected chi connectivity index (χ1v) is 9.01. The number of nitrogens with zero attached hydrogens (tertiary/aromatic N) is 1. The third kappa shape index (κ3) is 5.28. The summed E-state index contributed by atoms with van der Waals surface area (Å²) >= 11 is 6.09. The molecule has 0 unspecified atom stereocenters. The van der Waals surface area contributed by atoms with Gasteiger partial charge in [-0.15, -0.1) is 0 Å². The summed E-state index contributed by atoms with van der Waals surface area (Å²) in [6.07, 6.45) is 6.19. The Morgan fingerprint density at radius 1 is 1.00 bits per heavy atom. The fourth-order valence-electron chi connectivity index (χ4n) is 2.52. The number of rotatable bonds is 6. The SMILES string of the molecule is O=C(/C=C/c1ccccc1Cl)Nc1ccccc1CNC(=O)c1cccnc1. The lowest BCUT2D eigenvalue weighted by Crippen LogP contribution is -2.23. The van der Waals surface area contributed by atoms with E-state index in [1.807, 2.05) is 36.4 Å². The molecule has 2 N–H and O–H groups in total. The molecule has 0 aliphatic rings. The predicted molar refractivity (Wildman–Crippen MR) is 111 cm³/mol. The van der Waals surface area contributed by atoms with Gasteiger partial charge < -0.3 is 10.6 Å². The lowest BCUT2D eigenvalue weighted by Gasteiger charge is -2.11. The highest BCUT2D eigenvalue weighted by atomic mass is 35.5. The molecule has 5 nitrogen and oxygen atoms in total. The van der Waals surface area contributed by atoms with Crippen LogP contribution in [-0.2, 0) is 11.3 Å². The van der Waals surface area contributed by atoms with E-state index >= 15 is 0 Å². The van der Waals surface area contributed by atoms with Crippen molar-refractivity contribution in [3.63, 3.8) is 0 Å². The third-order valence-corrected chi connectivity index (χ3v) is 4.30. The number of aromatic nitrogens is 1. The zero-order chi connectivity index (χ0) is 19.8. The first kappa shape index (κ1) is 19.3. The number of anilines is 1. The molecule has 1 aromatic heterocycles. The quantitative estimate of drug-likeness (QED) is 0.615. The van der Waals surface area contributed by atoms with Gasteiger partial charge in [-0.2, -0.15) is 0 Å². The van der Waals surface area contributed by atoms with E-state index < -0.39 is 0 Å². The van der Waals surface area contributed by atoms with Crippen LogP contribution in [0.25, 0.3) is 6.08 Å². The molecule has 2 aromatic carbocycles.